The lowest BCUT2D eigenvalue weighted by atomic mass is 9.96. The molecule has 0 aliphatic heterocycles. The molecule has 1 saturated carbocycles. The number of hydrogen-bond donors (Lipinski definition) is 1. The average molecular weight is 331 g/mol. The Morgan fingerprint density at radius 1 is 1.08 bits per heavy atom. The molecule has 1 aromatic heterocycles. The van der Waals surface area contributed by atoms with E-state index < -0.39 is 0 Å². The summed E-state index contributed by atoms with van der Waals surface area (Å²) in [5, 5.41) is 7.56. The zero-order chi connectivity index (χ0) is 17.3. The Morgan fingerprint density at radius 3 is 2.36 bits per heavy atom. The minimum atomic E-state index is -0.111. The number of carbonyl (C=O) groups is 1. The molecule has 25 heavy (non-hydrogen) atoms. The van der Waals surface area contributed by atoms with Gasteiger partial charge in [0.15, 0.2) is 5.69 Å². The summed E-state index contributed by atoms with van der Waals surface area (Å²) in [5.74, 6) is -0.111. The van der Waals surface area contributed by atoms with Crippen LogP contribution in [0, 0.1) is 6.92 Å². The van der Waals surface area contributed by atoms with Crippen LogP contribution in [0.25, 0.3) is 5.69 Å². The Hall–Kier alpha value is -2.88. The maximum Gasteiger partial charge on any atom is 0.271 e. The number of para-hydroxylation sites is 1. The Labute approximate surface area is 147 Å². The molecule has 1 aliphatic carbocycles. The molecule has 4 heteroatoms. The molecule has 0 radical (unpaired) electrons. The molecule has 0 bridgehead atoms. The van der Waals surface area contributed by atoms with Crippen molar-refractivity contribution in [2.75, 3.05) is 6.54 Å². The lowest BCUT2D eigenvalue weighted by Crippen LogP contribution is -2.32. The van der Waals surface area contributed by atoms with E-state index in [-0.39, 0.29) is 11.3 Å². The van der Waals surface area contributed by atoms with Crippen LogP contribution in [0.1, 0.15) is 34.6 Å². The fourth-order valence-electron chi connectivity index (χ4n) is 3.27. The number of amides is 1. The SMILES string of the molecule is Cc1cc(C(=O)NCC2(c3ccccc3)CC2)nn1-c1ccccc1. The van der Waals surface area contributed by atoms with Gasteiger partial charge in [-0.05, 0) is 43.5 Å². The number of aromatic nitrogens is 2. The second-order valence-electron chi connectivity index (χ2n) is 6.75. The summed E-state index contributed by atoms with van der Waals surface area (Å²) in [6.45, 7) is 2.62. The van der Waals surface area contributed by atoms with Crippen LogP contribution in [-0.4, -0.2) is 22.2 Å². The van der Waals surface area contributed by atoms with Crippen molar-refractivity contribution in [1.29, 1.82) is 0 Å². The summed E-state index contributed by atoms with van der Waals surface area (Å²) in [7, 11) is 0. The first-order valence-electron chi connectivity index (χ1n) is 8.64. The maximum absolute atomic E-state index is 12.6. The maximum atomic E-state index is 12.6. The van der Waals surface area contributed by atoms with Crippen LogP contribution in [0.2, 0.25) is 0 Å². The second kappa shape index (κ2) is 6.20. The predicted octanol–water partition coefficient (Wildman–Crippen LogP) is 3.64. The second-order valence-corrected chi connectivity index (χ2v) is 6.75. The minimum absolute atomic E-state index is 0.105. The quantitative estimate of drug-likeness (QED) is 0.776. The monoisotopic (exact) mass is 331 g/mol. The third kappa shape index (κ3) is 3.07. The van der Waals surface area contributed by atoms with Crippen LogP contribution >= 0.6 is 0 Å². The first-order chi connectivity index (χ1) is 12.2. The Morgan fingerprint density at radius 2 is 1.72 bits per heavy atom. The van der Waals surface area contributed by atoms with Gasteiger partial charge in [-0.25, -0.2) is 4.68 Å². The lowest BCUT2D eigenvalue weighted by Gasteiger charge is -2.16. The average Bonchev–Trinajstić information content (AvgIpc) is 3.36. The van der Waals surface area contributed by atoms with Crippen molar-refractivity contribution in [2.24, 2.45) is 0 Å². The summed E-state index contributed by atoms with van der Waals surface area (Å²) >= 11 is 0. The van der Waals surface area contributed by atoms with E-state index in [2.05, 4.69) is 34.7 Å². The molecule has 3 aromatic rings. The molecule has 1 aliphatic rings. The standard InChI is InChI=1S/C21H21N3O/c1-16-14-19(23-24(16)18-10-6-3-7-11-18)20(25)22-15-21(12-13-21)17-8-4-2-5-9-17/h2-11,14H,12-13,15H2,1H3,(H,22,25). The van der Waals surface area contributed by atoms with Crippen molar-refractivity contribution >= 4 is 5.91 Å². The Balaban J connectivity index is 1.48. The van der Waals surface area contributed by atoms with E-state index in [1.165, 1.54) is 5.56 Å². The van der Waals surface area contributed by atoms with E-state index in [9.17, 15) is 4.79 Å². The molecular weight excluding hydrogens is 310 g/mol. The molecule has 0 saturated heterocycles. The van der Waals surface area contributed by atoms with Gasteiger partial charge in [0.2, 0.25) is 0 Å². The zero-order valence-corrected chi connectivity index (χ0v) is 14.3. The van der Waals surface area contributed by atoms with E-state index >= 15 is 0 Å². The smallest absolute Gasteiger partial charge is 0.271 e. The van der Waals surface area contributed by atoms with Crippen molar-refractivity contribution in [3.63, 3.8) is 0 Å². The molecule has 0 unspecified atom stereocenters. The first kappa shape index (κ1) is 15.6. The van der Waals surface area contributed by atoms with Gasteiger partial charge >= 0.3 is 0 Å². The fourth-order valence-corrected chi connectivity index (χ4v) is 3.27. The van der Waals surface area contributed by atoms with Gasteiger partial charge in [0.1, 0.15) is 0 Å². The highest BCUT2D eigenvalue weighted by Crippen LogP contribution is 2.47. The van der Waals surface area contributed by atoms with Crippen molar-refractivity contribution in [2.45, 2.75) is 25.2 Å². The van der Waals surface area contributed by atoms with Gasteiger partial charge in [-0.2, -0.15) is 5.10 Å². The minimum Gasteiger partial charge on any atom is -0.350 e. The molecule has 0 atom stereocenters. The summed E-state index contributed by atoms with van der Waals surface area (Å²) < 4.78 is 1.80. The number of carbonyl (C=O) groups excluding carboxylic acids is 1. The molecular formula is C21H21N3O. The van der Waals surface area contributed by atoms with Crippen LogP contribution in [0.5, 0.6) is 0 Å². The van der Waals surface area contributed by atoms with Gasteiger partial charge in [0.05, 0.1) is 5.69 Å². The van der Waals surface area contributed by atoms with Crippen LogP contribution < -0.4 is 5.32 Å². The topological polar surface area (TPSA) is 46.9 Å². The zero-order valence-electron chi connectivity index (χ0n) is 14.3. The molecule has 0 spiro atoms. The highest BCUT2D eigenvalue weighted by atomic mass is 16.1. The van der Waals surface area contributed by atoms with Gasteiger partial charge in [0.25, 0.3) is 5.91 Å². The number of aryl methyl sites for hydroxylation is 1. The number of nitrogens with zero attached hydrogens (tertiary/aromatic N) is 2. The molecule has 2 aromatic carbocycles. The van der Waals surface area contributed by atoms with E-state index in [1.807, 2.05) is 49.4 Å². The first-order valence-corrected chi connectivity index (χ1v) is 8.64. The van der Waals surface area contributed by atoms with Gasteiger partial charge in [-0.1, -0.05) is 48.5 Å². The van der Waals surface area contributed by atoms with E-state index in [1.54, 1.807) is 4.68 Å². The van der Waals surface area contributed by atoms with Gasteiger partial charge in [-0.3, -0.25) is 4.79 Å². The summed E-state index contributed by atoms with van der Waals surface area (Å²) in [5.41, 5.74) is 3.78. The Kier molecular flexibility index (Phi) is 3.88. The molecule has 1 heterocycles. The van der Waals surface area contributed by atoms with E-state index in [0.717, 1.165) is 24.2 Å². The van der Waals surface area contributed by atoms with Crippen molar-refractivity contribution in [3.8, 4) is 5.69 Å². The number of benzene rings is 2. The molecule has 1 fully saturated rings. The van der Waals surface area contributed by atoms with Crippen molar-refractivity contribution in [3.05, 3.63) is 83.7 Å². The van der Waals surface area contributed by atoms with Crippen molar-refractivity contribution < 1.29 is 4.79 Å². The largest absolute Gasteiger partial charge is 0.350 e. The van der Waals surface area contributed by atoms with E-state index in [4.69, 9.17) is 0 Å². The highest BCUT2D eigenvalue weighted by Gasteiger charge is 2.44. The molecule has 4 nitrogen and oxygen atoms in total. The normalized spacial score (nSPS) is 14.9. The van der Waals surface area contributed by atoms with Crippen LogP contribution in [0.15, 0.2) is 66.7 Å². The summed E-state index contributed by atoms with van der Waals surface area (Å²) in [6, 6.07) is 22.1. The summed E-state index contributed by atoms with van der Waals surface area (Å²) in [6.07, 6.45) is 2.24. The lowest BCUT2D eigenvalue weighted by molar-refractivity contribution is 0.0944. The van der Waals surface area contributed by atoms with E-state index in [0.29, 0.717) is 12.2 Å². The number of hydrogen-bond acceptors (Lipinski definition) is 2. The van der Waals surface area contributed by atoms with Crippen LogP contribution in [0.3, 0.4) is 0 Å². The molecule has 4 rings (SSSR count). The fraction of sp³-hybridized carbons (Fsp3) is 0.238. The summed E-state index contributed by atoms with van der Waals surface area (Å²) in [4.78, 5) is 12.6. The number of rotatable bonds is 5. The van der Waals surface area contributed by atoms with Gasteiger partial charge < -0.3 is 5.32 Å². The molecule has 1 N–H and O–H groups in total. The Bertz CT molecular complexity index is 880. The van der Waals surface area contributed by atoms with Crippen LogP contribution in [0.4, 0.5) is 0 Å². The van der Waals surface area contributed by atoms with Crippen LogP contribution in [-0.2, 0) is 5.41 Å². The predicted molar refractivity (Wildman–Crippen MR) is 98.0 cm³/mol. The number of nitrogens with one attached hydrogen (secondary N) is 1. The highest BCUT2D eigenvalue weighted by molar-refractivity contribution is 5.92. The third-order valence-corrected chi connectivity index (χ3v) is 4.95. The molecule has 126 valence electrons. The third-order valence-electron chi connectivity index (χ3n) is 4.95. The molecule has 1 amide bonds. The van der Waals surface area contributed by atoms with Crippen molar-refractivity contribution in [1.82, 2.24) is 15.1 Å². The van der Waals surface area contributed by atoms with Gasteiger partial charge in [-0.15, -0.1) is 0 Å². The van der Waals surface area contributed by atoms with Gasteiger partial charge in [0, 0.05) is 17.7 Å².